The van der Waals surface area contributed by atoms with Crippen molar-refractivity contribution in [3.8, 4) is 0 Å². The fourth-order valence-corrected chi connectivity index (χ4v) is 1.47. The molecule has 23 heavy (non-hydrogen) atoms. The maximum Gasteiger partial charge on any atom is 0.397 e. The van der Waals surface area contributed by atoms with Gasteiger partial charge in [-0.25, -0.2) is 4.79 Å². The summed E-state index contributed by atoms with van der Waals surface area (Å²) in [5, 5.41) is 4.34. The second kappa shape index (κ2) is 9.93. The first-order valence-corrected chi connectivity index (χ1v) is 6.94. The van der Waals surface area contributed by atoms with Crippen molar-refractivity contribution < 1.29 is 28.7 Å². The van der Waals surface area contributed by atoms with E-state index in [0.29, 0.717) is 0 Å². The number of benzene rings is 1. The number of ether oxygens (including phenoxy) is 2. The summed E-state index contributed by atoms with van der Waals surface area (Å²) in [6.07, 6.45) is 0. The van der Waals surface area contributed by atoms with Crippen LogP contribution in [0.1, 0.15) is 12.5 Å². The van der Waals surface area contributed by atoms with Crippen LogP contribution in [0.2, 0.25) is 0 Å². The lowest BCUT2D eigenvalue weighted by Crippen LogP contribution is -2.42. The zero-order valence-corrected chi connectivity index (χ0v) is 12.7. The first-order chi connectivity index (χ1) is 11.0. The highest BCUT2D eigenvalue weighted by Crippen LogP contribution is 2.00. The maximum atomic E-state index is 11.5. The van der Waals surface area contributed by atoms with Gasteiger partial charge in [0.15, 0.2) is 0 Å². The molecule has 1 rings (SSSR count). The second-order valence-corrected chi connectivity index (χ2v) is 4.33. The van der Waals surface area contributed by atoms with Crippen molar-refractivity contribution in [1.29, 1.82) is 0 Å². The smallest absolute Gasteiger partial charge is 0.397 e. The predicted octanol–water partition coefficient (Wildman–Crippen LogP) is -0.475. The zero-order chi connectivity index (χ0) is 17.1. The molecular formula is C15H18N2O6. The average Bonchev–Trinajstić information content (AvgIpc) is 2.56. The molecule has 2 amide bonds. The van der Waals surface area contributed by atoms with Crippen LogP contribution >= 0.6 is 0 Å². The summed E-state index contributed by atoms with van der Waals surface area (Å²) in [5.41, 5.74) is 0.737. The van der Waals surface area contributed by atoms with Crippen LogP contribution in [0.5, 0.6) is 0 Å². The number of esters is 2. The molecule has 0 heterocycles. The average molecular weight is 322 g/mol. The summed E-state index contributed by atoms with van der Waals surface area (Å²) < 4.78 is 9.41. The molecule has 0 aliphatic heterocycles. The number of amides is 2. The van der Waals surface area contributed by atoms with Gasteiger partial charge in [0.05, 0.1) is 13.2 Å². The third-order valence-corrected chi connectivity index (χ3v) is 2.54. The Balaban J connectivity index is 2.23. The first kappa shape index (κ1) is 18.1. The Morgan fingerprint density at radius 2 is 1.65 bits per heavy atom. The monoisotopic (exact) mass is 322 g/mol. The largest absolute Gasteiger partial charge is 0.465 e. The lowest BCUT2D eigenvalue weighted by atomic mass is 10.2. The quantitative estimate of drug-likeness (QED) is 0.518. The van der Waals surface area contributed by atoms with Gasteiger partial charge in [-0.2, -0.15) is 0 Å². The molecule has 0 fully saturated rings. The van der Waals surface area contributed by atoms with E-state index in [4.69, 9.17) is 4.74 Å². The van der Waals surface area contributed by atoms with Crippen molar-refractivity contribution in [2.75, 3.05) is 19.7 Å². The Kier molecular flexibility index (Phi) is 7.84. The molecule has 0 aliphatic rings. The standard InChI is InChI=1S/C15H18N2O6/c1-2-22-13(19)9-16-12(18)8-17-14(20)15(21)23-10-11-6-4-3-5-7-11/h3-7H,2,8-10H2,1H3,(H,16,18)(H,17,20). The highest BCUT2D eigenvalue weighted by atomic mass is 16.5. The number of nitrogens with one attached hydrogen (secondary N) is 2. The minimum absolute atomic E-state index is 0.0395. The van der Waals surface area contributed by atoms with Crippen LogP contribution < -0.4 is 10.6 Å². The Morgan fingerprint density at radius 1 is 0.957 bits per heavy atom. The van der Waals surface area contributed by atoms with E-state index in [1.54, 1.807) is 31.2 Å². The van der Waals surface area contributed by atoms with E-state index in [0.717, 1.165) is 5.56 Å². The van der Waals surface area contributed by atoms with Crippen molar-refractivity contribution in [3.05, 3.63) is 35.9 Å². The fourth-order valence-electron chi connectivity index (χ4n) is 1.47. The third-order valence-electron chi connectivity index (χ3n) is 2.54. The van der Waals surface area contributed by atoms with E-state index in [-0.39, 0.29) is 19.8 Å². The summed E-state index contributed by atoms with van der Waals surface area (Å²) in [6.45, 7) is 1.06. The first-order valence-electron chi connectivity index (χ1n) is 6.94. The molecule has 1 aromatic rings. The zero-order valence-electron chi connectivity index (χ0n) is 12.7. The Morgan fingerprint density at radius 3 is 2.30 bits per heavy atom. The van der Waals surface area contributed by atoms with Gasteiger partial charge in [0.2, 0.25) is 5.91 Å². The molecule has 0 unspecified atom stereocenters. The minimum Gasteiger partial charge on any atom is -0.465 e. The van der Waals surface area contributed by atoms with E-state index >= 15 is 0 Å². The SMILES string of the molecule is CCOC(=O)CNC(=O)CNC(=O)C(=O)OCc1ccccc1. The van der Waals surface area contributed by atoms with Gasteiger partial charge in [0.25, 0.3) is 0 Å². The number of rotatable bonds is 7. The molecule has 2 N–H and O–H groups in total. The van der Waals surface area contributed by atoms with Gasteiger partial charge in [-0.05, 0) is 12.5 Å². The Hall–Kier alpha value is -2.90. The molecule has 0 radical (unpaired) electrons. The van der Waals surface area contributed by atoms with Gasteiger partial charge in [-0.1, -0.05) is 30.3 Å². The van der Waals surface area contributed by atoms with Crippen LogP contribution in [-0.2, 0) is 35.3 Å². The third kappa shape index (κ3) is 7.60. The van der Waals surface area contributed by atoms with Gasteiger partial charge < -0.3 is 20.1 Å². The highest BCUT2D eigenvalue weighted by molar-refractivity contribution is 6.32. The van der Waals surface area contributed by atoms with Crippen LogP contribution in [0.3, 0.4) is 0 Å². The van der Waals surface area contributed by atoms with Crippen molar-refractivity contribution in [1.82, 2.24) is 10.6 Å². The fraction of sp³-hybridized carbons (Fsp3) is 0.333. The van der Waals surface area contributed by atoms with Crippen LogP contribution in [0.25, 0.3) is 0 Å². The van der Waals surface area contributed by atoms with Gasteiger partial charge in [-0.15, -0.1) is 0 Å². The number of hydrogen-bond acceptors (Lipinski definition) is 6. The van der Waals surface area contributed by atoms with E-state index in [1.165, 1.54) is 0 Å². The second-order valence-electron chi connectivity index (χ2n) is 4.33. The van der Waals surface area contributed by atoms with Crippen molar-refractivity contribution in [3.63, 3.8) is 0 Å². The number of carbonyl (C=O) groups is 4. The van der Waals surface area contributed by atoms with Gasteiger partial charge in [0.1, 0.15) is 13.2 Å². The lowest BCUT2D eigenvalue weighted by molar-refractivity contribution is -0.156. The van der Waals surface area contributed by atoms with Crippen molar-refractivity contribution >= 4 is 23.8 Å². The molecule has 0 bridgehead atoms. The molecule has 8 nitrogen and oxygen atoms in total. The van der Waals surface area contributed by atoms with Gasteiger partial charge >= 0.3 is 17.8 Å². The molecule has 0 aromatic heterocycles. The summed E-state index contributed by atoms with van der Waals surface area (Å²) in [6, 6.07) is 8.85. The summed E-state index contributed by atoms with van der Waals surface area (Å²) in [5.74, 6) is -3.34. The summed E-state index contributed by atoms with van der Waals surface area (Å²) in [7, 11) is 0. The minimum atomic E-state index is -1.09. The molecule has 8 heteroatoms. The lowest BCUT2D eigenvalue weighted by Gasteiger charge is -2.07. The number of carbonyl (C=O) groups excluding carboxylic acids is 4. The van der Waals surface area contributed by atoms with Crippen molar-refractivity contribution in [2.45, 2.75) is 13.5 Å². The summed E-state index contributed by atoms with van der Waals surface area (Å²) >= 11 is 0. The molecule has 1 aromatic carbocycles. The molecule has 0 atom stereocenters. The van der Waals surface area contributed by atoms with Crippen LogP contribution in [0.15, 0.2) is 30.3 Å². The molecule has 0 aliphatic carbocycles. The summed E-state index contributed by atoms with van der Waals surface area (Å²) in [4.78, 5) is 45.3. The number of hydrogen-bond donors (Lipinski definition) is 2. The van der Waals surface area contributed by atoms with E-state index in [2.05, 4.69) is 15.4 Å². The van der Waals surface area contributed by atoms with Crippen LogP contribution in [0, 0.1) is 0 Å². The molecule has 0 saturated heterocycles. The van der Waals surface area contributed by atoms with E-state index < -0.39 is 30.3 Å². The molecular weight excluding hydrogens is 304 g/mol. The maximum absolute atomic E-state index is 11.5. The van der Waals surface area contributed by atoms with Crippen LogP contribution in [-0.4, -0.2) is 43.4 Å². The topological polar surface area (TPSA) is 111 Å². The van der Waals surface area contributed by atoms with Crippen LogP contribution in [0.4, 0.5) is 0 Å². The van der Waals surface area contributed by atoms with E-state index in [1.807, 2.05) is 6.07 Å². The molecule has 0 saturated carbocycles. The van der Waals surface area contributed by atoms with Gasteiger partial charge in [0, 0.05) is 0 Å². The van der Waals surface area contributed by atoms with Gasteiger partial charge in [-0.3, -0.25) is 14.4 Å². The predicted molar refractivity (Wildman–Crippen MR) is 78.9 cm³/mol. The van der Waals surface area contributed by atoms with E-state index in [9.17, 15) is 19.2 Å². The highest BCUT2D eigenvalue weighted by Gasteiger charge is 2.16. The Labute approximate surface area is 133 Å². The molecule has 0 spiro atoms. The normalized spacial score (nSPS) is 9.61. The molecule has 124 valence electrons. The Bertz CT molecular complexity index is 558. The van der Waals surface area contributed by atoms with Crippen molar-refractivity contribution in [2.24, 2.45) is 0 Å².